The van der Waals surface area contributed by atoms with Crippen molar-refractivity contribution in [1.82, 2.24) is 9.80 Å². The van der Waals surface area contributed by atoms with Crippen LogP contribution in [0.2, 0.25) is 0 Å². The van der Waals surface area contributed by atoms with E-state index in [9.17, 15) is 9.59 Å². The van der Waals surface area contributed by atoms with E-state index in [1.807, 2.05) is 17.0 Å². The van der Waals surface area contributed by atoms with Gasteiger partial charge in [-0.05, 0) is 42.6 Å². The number of carbonyl (C=O) groups is 2. The first kappa shape index (κ1) is 19.4. The maximum absolute atomic E-state index is 12.4. The molecular weight excluding hydrogens is 314 g/mol. The Morgan fingerprint density at radius 3 is 2.40 bits per heavy atom. The van der Waals surface area contributed by atoms with Crippen molar-refractivity contribution in [3.05, 3.63) is 34.9 Å². The summed E-state index contributed by atoms with van der Waals surface area (Å²) in [5, 5.41) is 0. The van der Waals surface area contributed by atoms with Gasteiger partial charge < -0.3 is 10.6 Å². The molecule has 1 aliphatic rings. The Labute approximate surface area is 151 Å². The summed E-state index contributed by atoms with van der Waals surface area (Å²) < 4.78 is 0. The molecule has 1 saturated heterocycles. The van der Waals surface area contributed by atoms with Gasteiger partial charge >= 0.3 is 0 Å². The maximum atomic E-state index is 12.4. The van der Waals surface area contributed by atoms with Crippen molar-refractivity contribution in [1.29, 1.82) is 0 Å². The number of carbonyl (C=O) groups excluding carboxylic acids is 2. The summed E-state index contributed by atoms with van der Waals surface area (Å²) in [5.74, 6) is -0.0687. The van der Waals surface area contributed by atoms with Crippen molar-refractivity contribution in [3.8, 4) is 0 Å². The number of primary amides is 1. The molecule has 0 atom stereocenters. The van der Waals surface area contributed by atoms with Crippen molar-refractivity contribution in [2.45, 2.75) is 52.5 Å². The Balaban J connectivity index is 1.85. The standard InChI is InChI=1S/C20H31N3O2/c1-4-16-11-15(7-9-17(16)12-19(21)24)8-10-20(25)23-13-18(14-23)22(5-2)6-3/h7,9,11,18H,4-6,8,10,12-14H2,1-3H3,(H2,21,24). The average molecular weight is 345 g/mol. The van der Waals surface area contributed by atoms with Gasteiger partial charge in [-0.2, -0.15) is 0 Å². The molecule has 0 saturated carbocycles. The van der Waals surface area contributed by atoms with E-state index in [2.05, 4.69) is 31.7 Å². The van der Waals surface area contributed by atoms with E-state index < -0.39 is 0 Å². The van der Waals surface area contributed by atoms with Crippen LogP contribution in [0.5, 0.6) is 0 Å². The molecule has 1 aromatic rings. The van der Waals surface area contributed by atoms with E-state index in [-0.39, 0.29) is 18.2 Å². The highest BCUT2D eigenvalue weighted by Crippen LogP contribution is 2.18. The first-order valence-electron chi connectivity index (χ1n) is 9.39. The Bertz CT molecular complexity index is 605. The van der Waals surface area contributed by atoms with E-state index in [0.717, 1.165) is 55.7 Å². The summed E-state index contributed by atoms with van der Waals surface area (Å²) in [6, 6.07) is 6.63. The summed E-state index contributed by atoms with van der Waals surface area (Å²) >= 11 is 0. The predicted octanol–water partition coefficient (Wildman–Crippen LogP) is 1.76. The number of likely N-dealkylation sites (tertiary alicyclic amines) is 1. The third-order valence-electron chi connectivity index (χ3n) is 5.19. The van der Waals surface area contributed by atoms with Crippen molar-refractivity contribution < 1.29 is 9.59 Å². The lowest BCUT2D eigenvalue weighted by Crippen LogP contribution is -2.61. The van der Waals surface area contributed by atoms with E-state index in [4.69, 9.17) is 5.73 Å². The van der Waals surface area contributed by atoms with Gasteiger partial charge in [-0.3, -0.25) is 14.5 Å². The molecular formula is C20H31N3O2. The minimum Gasteiger partial charge on any atom is -0.369 e. The van der Waals surface area contributed by atoms with Gasteiger partial charge in [0.15, 0.2) is 0 Å². The van der Waals surface area contributed by atoms with E-state index in [1.165, 1.54) is 0 Å². The topological polar surface area (TPSA) is 66.6 Å². The number of amides is 2. The number of aryl methyl sites for hydroxylation is 2. The van der Waals surface area contributed by atoms with Crippen LogP contribution < -0.4 is 5.73 Å². The van der Waals surface area contributed by atoms with Crippen LogP contribution in [-0.4, -0.2) is 53.8 Å². The van der Waals surface area contributed by atoms with E-state index >= 15 is 0 Å². The molecule has 0 spiro atoms. The molecule has 138 valence electrons. The summed E-state index contributed by atoms with van der Waals surface area (Å²) in [6.45, 7) is 10.2. The monoisotopic (exact) mass is 345 g/mol. The number of hydrogen-bond acceptors (Lipinski definition) is 3. The van der Waals surface area contributed by atoms with Crippen molar-refractivity contribution in [3.63, 3.8) is 0 Å². The molecule has 2 amide bonds. The van der Waals surface area contributed by atoms with Crippen molar-refractivity contribution >= 4 is 11.8 Å². The molecule has 25 heavy (non-hydrogen) atoms. The number of rotatable bonds is 9. The van der Waals surface area contributed by atoms with Gasteiger partial charge in [0.1, 0.15) is 0 Å². The summed E-state index contributed by atoms with van der Waals surface area (Å²) in [4.78, 5) is 27.9. The second-order valence-corrected chi connectivity index (χ2v) is 6.77. The number of likely N-dealkylation sites (N-methyl/N-ethyl adjacent to an activating group) is 1. The van der Waals surface area contributed by atoms with Crippen LogP contribution >= 0.6 is 0 Å². The Morgan fingerprint density at radius 2 is 1.84 bits per heavy atom. The molecule has 1 heterocycles. The lowest BCUT2D eigenvalue weighted by Gasteiger charge is -2.45. The highest BCUT2D eigenvalue weighted by atomic mass is 16.2. The van der Waals surface area contributed by atoms with Gasteiger partial charge in [0.05, 0.1) is 6.42 Å². The summed E-state index contributed by atoms with van der Waals surface area (Å²) in [5.41, 5.74) is 8.59. The zero-order valence-corrected chi connectivity index (χ0v) is 15.8. The van der Waals surface area contributed by atoms with E-state index in [0.29, 0.717) is 12.5 Å². The molecule has 1 aliphatic heterocycles. The molecule has 0 bridgehead atoms. The molecule has 0 aromatic heterocycles. The third-order valence-corrected chi connectivity index (χ3v) is 5.19. The molecule has 5 nitrogen and oxygen atoms in total. The Morgan fingerprint density at radius 1 is 1.16 bits per heavy atom. The quantitative estimate of drug-likeness (QED) is 0.742. The molecule has 2 rings (SSSR count). The number of nitrogens with zero attached hydrogens (tertiary/aromatic N) is 2. The minimum absolute atomic E-state index is 0.239. The minimum atomic E-state index is -0.307. The van der Waals surface area contributed by atoms with Gasteiger partial charge in [0.25, 0.3) is 0 Å². The van der Waals surface area contributed by atoms with Crippen molar-refractivity contribution in [2.75, 3.05) is 26.2 Å². The van der Waals surface area contributed by atoms with Crippen LogP contribution in [0.25, 0.3) is 0 Å². The van der Waals surface area contributed by atoms with Gasteiger partial charge in [-0.1, -0.05) is 39.0 Å². The SMILES string of the molecule is CCc1cc(CCC(=O)N2CC(N(CC)CC)C2)ccc1CC(N)=O. The molecule has 0 radical (unpaired) electrons. The van der Waals surface area contributed by atoms with Crippen LogP contribution in [-0.2, 0) is 28.9 Å². The molecule has 2 N–H and O–H groups in total. The third kappa shape index (κ3) is 5.05. The van der Waals surface area contributed by atoms with Crippen LogP contribution in [0.15, 0.2) is 18.2 Å². The fourth-order valence-electron chi connectivity index (χ4n) is 3.56. The fraction of sp³-hybridized carbons (Fsp3) is 0.600. The maximum Gasteiger partial charge on any atom is 0.223 e. The predicted molar refractivity (Wildman–Crippen MR) is 100 cm³/mol. The van der Waals surface area contributed by atoms with Gasteiger partial charge in [-0.25, -0.2) is 0 Å². The number of benzene rings is 1. The van der Waals surface area contributed by atoms with Crippen LogP contribution in [0.1, 0.15) is 43.9 Å². The largest absolute Gasteiger partial charge is 0.369 e. The second-order valence-electron chi connectivity index (χ2n) is 6.77. The van der Waals surface area contributed by atoms with Crippen LogP contribution in [0, 0.1) is 0 Å². The molecule has 0 aliphatic carbocycles. The molecule has 1 fully saturated rings. The van der Waals surface area contributed by atoms with E-state index in [1.54, 1.807) is 0 Å². The van der Waals surface area contributed by atoms with Gasteiger partial charge in [0.2, 0.25) is 11.8 Å². The zero-order valence-electron chi connectivity index (χ0n) is 15.8. The normalized spacial score (nSPS) is 14.6. The Kier molecular flexibility index (Phi) is 7.00. The van der Waals surface area contributed by atoms with Crippen LogP contribution in [0.4, 0.5) is 0 Å². The smallest absolute Gasteiger partial charge is 0.223 e. The lowest BCUT2D eigenvalue weighted by atomic mass is 9.97. The zero-order chi connectivity index (χ0) is 18.4. The first-order valence-corrected chi connectivity index (χ1v) is 9.39. The fourth-order valence-corrected chi connectivity index (χ4v) is 3.56. The average Bonchev–Trinajstić information content (AvgIpc) is 2.55. The van der Waals surface area contributed by atoms with Gasteiger partial charge in [-0.15, -0.1) is 0 Å². The van der Waals surface area contributed by atoms with Gasteiger partial charge in [0, 0.05) is 25.6 Å². The second kappa shape index (κ2) is 8.99. The molecule has 0 unspecified atom stereocenters. The summed E-state index contributed by atoms with van der Waals surface area (Å²) in [6.07, 6.45) is 2.43. The number of hydrogen-bond donors (Lipinski definition) is 1. The molecule has 5 heteroatoms. The Hall–Kier alpha value is -1.88. The first-order chi connectivity index (χ1) is 12.0. The number of nitrogens with two attached hydrogens (primary N) is 1. The van der Waals surface area contributed by atoms with Crippen LogP contribution in [0.3, 0.4) is 0 Å². The lowest BCUT2D eigenvalue weighted by molar-refractivity contribution is -0.138. The highest BCUT2D eigenvalue weighted by Gasteiger charge is 2.33. The van der Waals surface area contributed by atoms with Crippen molar-refractivity contribution in [2.24, 2.45) is 5.73 Å². The summed E-state index contributed by atoms with van der Waals surface area (Å²) in [7, 11) is 0. The molecule has 1 aromatic carbocycles. The highest BCUT2D eigenvalue weighted by molar-refractivity contribution is 5.78.